The van der Waals surface area contributed by atoms with Crippen LogP contribution >= 0.6 is 23.2 Å². The number of hydrogen-bond donors (Lipinski definition) is 1. The van der Waals surface area contributed by atoms with E-state index in [9.17, 15) is 9.90 Å². The number of unbranched alkanes of at least 4 members (excludes halogenated alkanes) is 3. The van der Waals surface area contributed by atoms with Crippen molar-refractivity contribution in [2.45, 2.75) is 38.2 Å². The van der Waals surface area contributed by atoms with E-state index >= 15 is 0 Å². The van der Waals surface area contributed by atoms with Gasteiger partial charge in [0.05, 0.1) is 6.61 Å². The number of ether oxygens (including phenoxy) is 2. The zero-order valence-electron chi connectivity index (χ0n) is 14.4. The summed E-state index contributed by atoms with van der Waals surface area (Å²) in [6.45, 7) is 0.615. The molecule has 26 heavy (non-hydrogen) atoms. The van der Waals surface area contributed by atoms with Gasteiger partial charge >= 0.3 is 5.97 Å². The first kappa shape index (κ1) is 20.4. The van der Waals surface area contributed by atoms with Crippen LogP contribution in [0.4, 0.5) is 0 Å². The van der Waals surface area contributed by atoms with Crippen molar-refractivity contribution in [1.82, 2.24) is 0 Å². The van der Waals surface area contributed by atoms with Gasteiger partial charge in [-0.25, -0.2) is 4.79 Å². The van der Waals surface area contributed by atoms with Crippen LogP contribution in [0.5, 0.6) is 11.5 Å². The van der Waals surface area contributed by atoms with E-state index in [-0.39, 0.29) is 0 Å². The fourth-order valence-corrected chi connectivity index (χ4v) is 2.75. The van der Waals surface area contributed by atoms with Gasteiger partial charge in [0, 0.05) is 10.0 Å². The normalized spacial score (nSPS) is 11.8. The molecule has 1 unspecified atom stereocenters. The predicted octanol–water partition coefficient (Wildman–Crippen LogP) is 5.85. The van der Waals surface area contributed by atoms with Gasteiger partial charge in [-0.05, 0) is 61.7 Å². The molecule has 2 aromatic carbocycles. The number of carbonyl (C=O) groups is 1. The van der Waals surface area contributed by atoms with Gasteiger partial charge in [-0.1, -0.05) is 42.1 Å². The van der Waals surface area contributed by atoms with Crippen molar-refractivity contribution >= 4 is 29.2 Å². The molecule has 0 fully saturated rings. The van der Waals surface area contributed by atoms with Crippen molar-refractivity contribution in [2.75, 3.05) is 6.61 Å². The van der Waals surface area contributed by atoms with Gasteiger partial charge in [-0.2, -0.15) is 0 Å². The van der Waals surface area contributed by atoms with Crippen LogP contribution in [0.15, 0.2) is 48.5 Å². The van der Waals surface area contributed by atoms with Crippen molar-refractivity contribution in [3.63, 3.8) is 0 Å². The van der Waals surface area contributed by atoms with Crippen molar-refractivity contribution in [2.24, 2.45) is 0 Å². The summed E-state index contributed by atoms with van der Waals surface area (Å²) in [6.07, 6.45) is 3.19. The molecule has 0 spiro atoms. The molecule has 1 N–H and O–H groups in total. The molecule has 0 radical (unpaired) electrons. The van der Waals surface area contributed by atoms with E-state index in [0.717, 1.165) is 31.4 Å². The molecular weight excluding hydrogens is 375 g/mol. The summed E-state index contributed by atoms with van der Waals surface area (Å²) in [5.74, 6) is 0.320. The lowest BCUT2D eigenvalue weighted by atomic mass is 10.1. The number of halogens is 2. The van der Waals surface area contributed by atoms with Crippen LogP contribution in [0.25, 0.3) is 0 Å². The predicted molar refractivity (Wildman–Crippen MR) is 104 cm³/mol. The minimum Gasteiger partial charge on any atom is -0.494 e. The maximum atomic E-state index is 11.3. The Morgan fingerprint density at radius 2 is 1.65 bits per heavy atom. The van der Waals surface area contributed by atoms with Crippen LogP contribution in [0.1, 0.15) is 32.1 Å². The second-order valence-corrected chi connectivity index (χ2v) is 6.78. The quantitative estimate of drug-likeness (QED) is 0.483. The lowest BCUT2D eigenvalue weighted by Crippen LogP contribution is -2.26. The minimum atomic E-state index is -0.954. The minimum absolute atomic E-state index is 0.465. The van der Waals surface area contributed by atoms with Crippen LogP contribution in [-0.2, 0) is 4.79 Å². The summed E-state index contributed by atoms with van der Waals surface area (Å²) in [7, 11) is 0. The highest BCUT2D eigenvalue weighted by atomic mass is 35.5. The largest absolute Gasteiger partial charge is 0.494 e. The van der Waals surface area contributed by atoms with Gasteiger partial charge in [-0.3, -0.25) is 0 Å². The fourth-order valence-electron chi connectivity index (χ4n) is 2.44. The molecule has 0 aliphatic carbocycles. The molecule has 0 aliphatic heterocycles. The smallest absolute Gasteiger partial charge is 0.344 e. The maximum Gasteiger partial charge on any atom is 0.344 e. The van der Waals surface area contributed by atoms with Crippen molar-refractivity contribution in [3.05, 3.63) is 58.6 Å². The van der Waals surface area contributed by atoms with E-state index in [1.807, 2.05) is 12.1 Å². The summed E-state index contributed by atoms with van der Waals surface area (Å²) in [6, 6.07) is 14.0. The molecule has 0 bridgehead atoms. The highest BCUT2D eigenvalue weighted by Crippen LogP contribution is 2.20. The Hall–Kier alpha value is -1.91. The lowest BCUT2D eigenvalue weighted by molar-refractivity contribution is -0.145. The van der Waals surface area contributed by atoms with Crippen LogP contribution in [0.2, 0.25) is 10.0 Å². The van der Waals surface area contributed by atoms with Crippen molar-refractivity contribution < 1.29 is 19.4 Å². The molecule has 0 saturated carbocycles. The Bertz CT molecular complexity index is 688. The molecule has 0 amide bonds. The molecule has 0 heterocycles. The topological polar surface area (TPSA) is 55.8 Å². The maximum absolute atomic E-state index is 11.3. The second kappa shape index (κ2) is 10.9. The molecule has 2 rings (SSSR count). The average Bonchev–Trinajstić information content (AvgIpc) is 2.61. The van der Waals surface area contributed by atoms with Gasteiger partial charge in [0.25, 0.3) is 0 Å². The van der Waals surface area contributed by atoms with Crippen LogP contribution in [0, 0.1) is 0 Å². The Labute approximate surface area is 163 Å². The molecule has 1 atom stereocenters. The summed E-state index contributed by atoms with van der Waals surface area (Å²) in [4.78, 5) is 11.3. The van der Waals surface area contributed by atoms with Gasteiger partial charge in [0.2, 0.25) is 0 Å². The molecule has 2 aromatic rings. The third-order valence-electron chi connectivity index (χ3n) is 3.79. The van der Waals surface area contributed by atoms with E-state index in [0.29, 0.717) is 28.8 Å². The monoisotopic (exact) mass is 396 g/mol. The first-order valence-electron chi connectivity index (χ1n) is 8.58. The number of aliphatic carboxylic acids is 1. The lowest BCUT2D eigenvalue weighted by Gasteiger charge is -2.15. The number of carboxylic acid groups (broad SMARTS) is 1. The Balaban J connectivity index is 1.62. The zero-order chi connectivity index (χ0) is 18.8. The van der Waals surface area contributed by atoms with Crippen molar-refractivity contribution in [3.8, 4) is 11.5 Å². The Morgan fingerprint density at radius 1 is 0.923 bits per heavy atom. The molecule has 0 aromatic heterocycles. The van der Waals surface area contributed by atoms with Crippen LogP contribution in [0.3, 0.4) is 0 Å². The third-order valence-corrected chi connectivity index (χ3v) is 4.28. The summed E-state index contributed by atoms with van der Waals surface area (Å²) < 4.78 is 11.2. The molecular formula is C20H22Cl2O4. The Kier molecular flexibility index (Phi) is 8.59. The number of carboxylic acids is 1. The van der Waals surface area contributed by atoms with Gasteiger partial charge in [0.15, 0.2) is 6.10 Å². The zero-order valence-corrected chi connectivity index (χ0v) is 15.9. The fraction of sp³-hybridized carbons (Fsp3) is 0.350. The van der Waals surface area contributed by atoms with E-state index in [4.69, 9.17) is 32.7 Å². The number of benzene rings is 2. The van der Waals surface area contributed by atoms with E-state index < -0.39 is 12.1 Å². The van der Waals surface area contributed by atoms with Gasteiger partial charge in [0.1, 0.15) is 11.5 Å². The van der Waals surface area contributed by atoms with E-state index in [2.05, 4.69) is 0 Å². The standard InChI is InChI=1S/C20H22Cl2O4/c21-15-9-11-17(12-10-15)26-19(20(23)24)8-3-1-2-4-13-25-18-7-5-6-16(22)14-18/h5-7,9-12,14,19H,1-4,8,13H2,(H,23,24). The van der Waals surface area contributed by atoms with Crippen LogP contribution in [-0.4, -0.2) is 23.8 Å². The summed E-state index contributed by atoms with van der Waals surface area (Å²) in [5, 5.41) is 10.5. The third kappa shape index (κ3) is 7.54. The molecule has 140 valence electrons. The van der Waals surface area contributed by atoms with Crippen molar-refractivity contribution in [1.29, 1.82) is 0 Å². The SMILES string of the molecule is O=C(O)C(CCCCCCOc1cccc(Cl)c1)Oc1ccc(Cl)cc1. The molecule has 0 saturated heterocycles. The average molecular weight is 397 g/mol. The molecule has 4 nitrogen and oxygen atoms in total. The molecule has 6 heteroatoms. The molecule has 0 aliphatic rings. The second-order valence-electron chi connectivity index (χ2n) is 5.91. The van der Waals surface area contributed by atoms with Crippen LogP contribution < -0.4 is 9.47 Å². The number of hydrogen-bond acceptors (Lipinski definition) is 3. The number of rotatable bonds is 11. The van der Waals surface area contributed by atoms with Gasteiger partial charge < -0.3 is 14.6 Å². The first-order valence-corrected chi connectivity index (χ1v) is 9.33. The highest BCUT2D eigenvalue weighted by Gasteiger charge is 2.18. The Morgan fingerprint density at radius 3 is 2.35 bits per heavy atom. The summed E-state index contributed by atoms with van der Waals surface area (Å²) in [5.41, 5.74) is 0. The first-order chi connectivity index (χ1) is 12.5. The summed E-state index contributed by atoms with van der Waals surface area (Å²) >= 11 is 11.7. The highest BCUT2D eigenvalue weighted by molar-refractivity contribution is 6.30. The van der Waals surface area contributed by atoms with E-state index in [1.54, 1.807) is 36.4 Å². The van der Waals surface area contributed by atoms with Gasteiger partial charge in [-0.15, -0.1) is 0 Å². The van der Waals surface area contributed by atoms with E-state index in [1.165, 1.54) is 0 Å².